The van der Waals surface area contributed by atoms with Crippen molar-refractivity contribution in [3.63, 3.8) is 0 Å². The number of nitrogens with zero attached hydrogens (tertiary/aromatic N) is 2. The van der Waals surface area contributed by atoms with Gasteiger partial charge >= 0.3 is 0 Å². The lowest BCUT2D eigenvalue weighted by molar-refractivity contribution is 0.335. The number of hydrogen-bond acceptors (Lipinski definition) is 4. The van der Waals surface area contributed by atoms with Gasteiger partial charge in [0.05, 0.1) is 0 Å². The summed E-state index contributed by atoms with van der Waals surface area (Å²) in [5, 5.41) is 7.29. The third kappa shape index (κ3) is 2.96. The Labute approximate surface area is 107 Å². The summed E-state index contributed by atoms with van der Waals surface area (Å²) in [6, 6.07) is 10.2. The Balaban J connectivity index is 2.11. The topological polar surface area (TPSA) is 51.0 Å². The fourth-order valence-electron chi connectivity index (χ4n) is 1.90. The first-order valence-corrected chi connectivity index (χ1v) is 6.26. The van der Waals surface area contributed by atoms with Crippen LogP contribution in [0.5, 0.6) is 0 Å². The predicted molar refractivity (Wildman–Crippen MR) is 71.1 cm³/mol. The largest absolute Gasteiger partial charge is 0.339 e. The Morgan fingerprint density at radius 3 is 2.56 bits per heavy atom. The van der Waals surface area contributed by atoms with Crippen LogP contribution in [0.4, 0.5) is 0 Å². The number of nitrogens with one attached hydrogen (secondary N) is 1. The van der Waals surface area contributed by atoms with Crippen LogP contribution in [-0.4, -0.2) is 23.2 Å². The molecule has 1 N–H and O–H groups in total. The number of likely N-dealkylation sites (N-methyl/N-ethyl adjacent to an activating group) is 1. The summed E-state index contributed by atoms with van der Waals surface area (Å²) in [6.45, 7) is 4.35. The molecule has 0 aliphatic heterocycles. The van der Waals surface area contributed by atoms with Gasteiger partial charge in [-0.15, -0.1) is 0 Å². The maximum Gasteiger partial charge on any atom is 0.228 e. The Morgan fingerprint density at radius 1 is 1.22 bits per heavy atom. The molecule has 1 unspecified atom stereocenters. The van der Waals surface area contributed by atoms with E-state index in [9.17, 15) is 0 Å². The Bertz CT molecular complexity index is 479. The first-order valence-electron chi connectivity index (χ1n) is 6.26. The van der Waals surface area contributed by atoms with Gasteiger partial charge in [-0.05, 0) is 13.0 Å². The highest BCUT2D eigenvalue weighted by Crippen LogP contribution is 2.16. The van der Waals surface area contributed by atoms with E-state index in [1.807, 2.05) is 37.4 Å². The standard InChI is InChI=1S/C14H19N3O/c1-10(2)12(15-3)9-13-16-14(17-18-13)11-7-5-4-6-8-11/h4-8,10,12,15H,9H2,1-3H3. The minimum absolute atomic E-state index is 0.356. The van der Waals surface area contributed by atoms with Crippen LogP contribution in [0.2, 0.25) is 0 Å². The quantitative estimate of drug-likeness (QED) is 0.879. The minimum Gasteiger partial charge on any atom is -0.339 e. The van der Waals surface area contributed by atoms with Crippen LogP contribution in [0.15, 0.2) is 34.9 Å². The molecular weight excluding hydrogens is 226 g/mol. The molecule has 2 rings (SSSR count). The van der Waals surface area contributed by atoms with Crippen LogP contribution >= 0.6 is 0 Å². The summed E-state index contributed by atoms with van der Waals surface area (Å²) >= 11 is 0. The summed E-state index contributed by atoms with van der Waals surface area (Å²) < 4.78 is 5.30. The molecule has 1 aromatic heterocycles. The molecule has 2 aromatic rings. The molecule has 18 heavy (non-hydrogen) atoms. The molecule has 1 heterocycles. The lowest BCUT2D eigenvalue weighted by Crippen LogP contribution is -2.32. The van der Waals surface area contributed by atoms with Crippen molar-refractivity contribution in [2.75, 3.05) is 7.05 Å². The van der Waals surface area contributed by atoms with E-state index in [-0.39, 0.29) is 0 Å². The summed E-state index contributed by atoms with van der Waals surface area (Å²) in [7, 11) is 1.96. The Morgan fingerprint density at radius 2 is 1.94 bits per heavy atom. The first kappa shape index (κ1) is 12.8. The minimum atomic E-state index is 0.356. The first-order chi connectivity index (χ1) is 8.70. The van der Waals surface area contributed by atoms with Crippen molar-refractivity contribution in [3.05, 3.63) is 36.2 Å². The average molecular weight is 245 g/mol. The Hall–Kier alpha value is -1.68. The number of benzene rings is 1. The van der Waals surface area contributed by atoms with Crippen LogP contribution in [0.1, 0.15) is 19.7 Å². The van der Waals surface area contributed by atoms with Gasteiger partial charge in [0.2, 0.25) is 11.7 Å². The second-order valence-electron chi connectivity index (χ2n) is 4.72. The molecule has 0 radical (unpaired) electrons. The maximum absolute atomic E-state index is 5.30. The SMILES string of the molecule is CNC(Cc1nc(-c2ccccc2)no1)C(C)C. The fraction of sp³-hybridized carbons (Fsp3) is 0.429. The molecule has 4 nitrogen and oxygen atoms in total. The second kappa shape index (κ2) is 5.78. The third-order valence-electron chi connectivity index (χ3n) is 3.07. The molecule has 0 bridgehead atoms. The van der Waals surface area contributed by atoms with Gasteiger partial charge in [0.25, 0.3) is 0 Å². The van der Waals surface area contributed by atoms with E-state index < -0.39 is 0 Å². The zero-order valence-corrected chi connectivity index (χ0v) is 11.1. The molecular formula is C14H19N3O. The van der Waals surface area contributed by atoms with Crippen molar-refractivity contribution >= 4 is 0 Å². The Kier molecular flexibility index (Phi) is 4.10. The summed E-state index contributed by atoms with van der Waals surface area (Å²) in [6.07, 6.45) is 0.758. The summed E-state index contributed by atoms with van der Waals surface area (Å²) in [4.78, 5) is 4.43. The summed E-state index contributed by atoms with van der Waals surface area (Å²) in [5.74, 6) is 1.87. The van der Waals surface area contributed by atoms with Crippen LogP contribution < -0.4 is 5.32 Å². The van der Waals surface area contributed by atoms with Gasteiger partial charge in [-0.2, -0.15) is 4.98 Å². The highest BCUT2D eigenvalue weighted by atomic mass is 16.5. The molecule has 96 valence electrons. The number of aromatic nitrogens is 2. The number of hydrogen-bond donors (Lipinski definition) is 1. The smallest absolute Gasteiger partial charge is 0.228 e. The zero-order valence-electron chi connectivity index (χ0n) is 11.1. The van der Waals surface area contributed by atoms with E-state index in [4.69, 9.17) is 4.52 Å². The third-order valence-corrected chi connectivity index (χ3v) is 3.07. The molecule has 0 spiro atoms. The monoisotopic (exact) mass is 245 g/mol. The van der Waals surface area contributed by atoms with Crippen molar-refractivity contribution in [1.82, 2.24) is 15.5 Å². The van der Waals surface area contributed by atoms with Crippen LogP contribution in [-0.2, 0) is 6.42 Å². The van der Waals surface area contributed by atoms with E-state index in [2.05, 4.69) is 29.3 Å². The normalized spacial score (nSPS) is 12.9. The molecule has 0 aliphatic carbocycles. The van der Waals surface area contributed by atoms with Gasteiger partial charge in [0.1, 0.15) is 0 Å². The highest BCUT2D eigenvalue weighted by Gasteiger charge is 2.16. The molecule has 0 amide bonds. The van der Waals surface area contributed by atoms with Gasteiger partial charge in [-0.3, -0.25) is 0 Å². The second-order valence-corrected chi connectivity index (χ2v) is 4.72. The van der Waals surface area contributed by atoms with Crippen molar-refractivity contribution in [2.24, 2.45) is 5.92 Å². The van der Waals surface area contributed by atoms with Gasteiger partial charge in [0, 0.05) is 18.0 Å². The maximum atomic E-state index is 5.30. The lowest BCUT2D eigenvalue weighted by Gasteiger charge is -2.17. The molecule has 1 aromatic carbocycles. The predicted octanol–water partition coefficient (Wildman–Crippen LogP) is 2.52. The van der Waals surface area contributed by atoms with E-state index >= 15 is 0 Å². The molecule has 4 heteroatoms. The van der Waals surface area contributed by atoms with Crippen molar-refractivity contribution < 1.29 is 4.52 Å². The van der Waals surface area contributed by atoms with Gasteiger partial charge in [0.15, 0.2) is 0 Å². The fourth-order valence-corrected chi connectivity index (χ4v) is 1.90. The van der Waals surface area contributed by atoms with E-state index in [1.165, 1.54) is 0 Å². The lowest BCUT2D eigenvalue weighted by atomic mass is 10.0. The molecule has 1 atom stereocenters. The van der Waals surface area contributed by atoms with E-state index in [0.29, 0.717) is 23.7 Å². The molecule has 0 fully saturated rings. The van der Waals surface area contributed by atoms with Gasteiger partial charge < -0.3 is 9.84 Å². The van der Waals surface area contributed by atoms with Crippen LogP contribution in [0, 0.1) is 5.92 Å². The van der Waals surface area contributed by atoms with Gasteiger partial charge in [-0.1, -0.05) is 49.3 Å². The average Bonchev–Trinajstić information content (AvgIpc) is 2.85. The van der Waals surface area contributed by atoms with E-state index in [0.717, 1.165) is 12.0 Å². The summed E-state index contributed by atoms with van der Waals surface area (Å²) in [5.41, 5.74) is 0.984. The van der Waals surface area contributed by atoms with E-state index in [1.54, 1.807) is 0 Å². The van der Waals surface area contributed by atoms with Crippen molar-refractivity contribution in [2.45, 2.75) is 26.3 Å². The zero-order chi connectivity index (χ0) is 13.0. The van der Waals surface area contributed by atoms with Gasteiger partial charge in [-0.25, -0.2) is 0 Å². The van der Waals surface area contributed by atoms with Crippen molar-refractivity contribution in [1.29, 1.82) is 0 Å². The van der Waals surface area contributed by atoms with Crippen LogP contribution in [0.3, 0.4) is 0 Å². The highest BCUT2D eigenvalue weighted by molar-refractivity contribution is 5.53. The molecule has 0 saturated heterocycles. The van der Waals surface area contributed by atoms with Crippen molar-refractivity contribution in [3.8, 4) is 11.4 Å². The number of rotatable bonds is 5. The van der Waals surface area contributed by atoms with Crippen LogP contribution in [0.25, 0.3) is 11.4 Å². The molecule has 0 aliphatic rings. The molecule has 0 saturated carbocycles.